The van der Waals surface area contributed by atoms with Crippen molar-refractivity contribution in [2.75, 3.05) is 85.4 Å². The Bertz CT molecular complexity index is 3310. The minimum absolute atomic E-state index is 0.0291. The number of methoxy groups -OCH3 is 2. The highest BCUT2D eigenvalue weighted by Crippen LogP contribution is 2.38. The molecule has 4 aliphatic rings. The number of aromatic nitrogens is 2. The summed E-state index contributed by atoms with van der Waals surface area (Å²) < 4.78 is 17.1. The number of imide groups is 2. The third-order valence-corrected chi connectivity index (χ3v) is 14.4. The number of anilines is 6. The monoisotopic (exact) mass is 1070 g/mol. The van der Waals surface area contributed by atoms with Crippen molar-refractivity contribution >= 4 is 86.8 Å². The summed E-state index contributed by atoms with van der Waals surface area (Å²) >= 11 is 0. The summed E-state index contributed by atoms with van der Waals surface area (Å²) in [5.74, 6) is -0.0446. The summed E-state index contributed by atoms with van der Waals surface area (Å²) in [4.78, 5) is 109. The van der Waals surface area contributed by atoms with Crippen molar-refractivity contribution in [1.29, 1.82) is 0 Å². The summed E-state index contributed by atoms with van der Waals surface area (Å²) in [6.45, 7) is 6.35. The van der Waals surface area contributed by atoms with E-state index >= 15 is 0 Å². The zero-order chi connectivity index (χ0) is 55.2. The van der Waals surface area contributed by atoms with E-state index in [0.29, 0.717) is 89.3 Å². The average Bonchev–Trinajstić information content (AvgIpc) is 3.65. The molecular formula is C58H61N11O10. The molecule has 5 heterocycles. The van der Waals surface area contributed by atoms with E-state index in [4.69, 9.17) is 19.2 Å². The van der Waals surface area contributed by atoms with Crippen LogP contribution in [0.3, 0.4) is 0 Å². The third kappa shape index (κ3) is 11.9. The standard InChI is InChI=1S/C58H61N11O10/c1-4-49(70)61-39-13-11-36(12-14-39)33-68-53-38(34-67(58(68)76)42-28-43(77-2)30-44(29-42)78-3)32-60-57(64-53)62-40-15-17-41(18-16-40)66-24-22-65(23-25-66)35-51(72)59-21-6-5-7-26-79-45-27-37-9-8-10-46-52(37)47(31-45)56(75)69(55(46)74)48-19-20-50(71)63-54(48)73/h8-18,27-32,48H,4-7,19-26,33-35H2,1-3H3,(H,59,72)(H,61,70)(H,60,62,64)(H,63,71,73). The molecule has 8 amide bonds. The summed E-state index contributed by atoms with van der Waals surface area (Å²) in [6.07, 6.45) is 4.46. The molecule has 21 heteroatoms. The van der Waals surface area contributed by atoms with Gasteiger partial charge in [0.1, 0.15) is 29.1 Å². The maximum absolute atomic E-state index is 14.5. The van der Waals surface area contributed by atoms with Gasteiger partial charge in [0.05, 0.1) is 51.7 Å². The van der Waals surface area contributed by atoms with Gasteiger partial charge in [-0.2, -0.15) is 4.98 Å². The van der Waals surface area contributed by atoms with E-state index in [9.17, 15) is 33.6 Å². The van der Waals surface area contributed by atoms with Gasteiger partial charge in [-0.25, -0.2) is 9.78 Å². The second-order valence-corrected chi connectivity index (χ2v) is 19.7. The third-order valence-electron chi connectivity index (χ3n) is 14.4. The zero-order valence-electron chi connectivity index (χ0n) is 44.2. The van der Waals surface area contributed by atoms with Crippen molar-refractivity contribution in [2.45, 2.75) is 64.6 Å². The van der Waals surface area contributed by atoms with Crippen LogP contribution in [0.5, 0.6) is 17.2 Å². The maximum atomic E-state index is 14.5. The van der Waals surface area contributed by atoms with Gasteiger partial charge in [0.25, 0.3) is 11.8 Å². The Morgan fingerprint density at radius 3 is 2.22 bits per heavy atom. The highest BCUT2D eigenvalue weighted by molar-refractivity contribution is 6.27. The molecule has 1 atom stereocenters. The van der Waals surface area contributed by atoms with E-state index in [1.807, 2.05) is 54.6 Å². The molecule has 79 heavy (non-hydrogen) atoms. The summed E-state index contributed by atoms with van der Waals surface area (Å²) in [5.41, 5.74) is 5.21. The number of piperidine rings is 1. The predicted octanol–water partition coefficient (Wildman–Crippen LogP) is 6.77. The average molecular weight is 1070 g/mol. The highest BCUT2D eigenvalue weighted by atomic mass is 16.5. The summed E-state index contributed by atoms with van der Waals surface area (Å²) in [7, 11) is 3.12. The Morgan fingerprint density at radius 2 is 1.49 bits per heavy atom. The van der Waals surface area contributed by atoms with E-state index in [1.54, 1.807) is 79.6 Å². The van der Waals surface area contributed by atoms with Gasteiger partial charge in [-0.05, 0) is 91.2 Å². The summed E-state index contributed by atoms with van der Waals surface area (Å²) in [6, 6.07) is 27.9. The van der Waals surface area contributed by atoms with Crippen molar-refractivity contribution in [2.24, 2.45) is 0 Å². The van der Waals surface area contributed by atoms with Crippen LogP contribution < -0.4 is 50.2 Å². The number of carbonyl (C=O) groups is 7. The number of nitrogens with one attached hydrogen (secondary N) is 4. The Morgan fingerprint density at radius 1 is 0.759 bits per heavy atom. The topological polar surface area (TPSA) is 237 Å². The molecule has 4 aliphatic heterocycles. The van der Waals surface area contributed by atoms with Crippen LogP contribution in [0.1, 0.15) is 77.3 Å². The van der Waals surface area contributed by atoms with E-state index in [-0.39, 0.29) is 49.3 Å². The lowest BCUT2D eigenvalue weighted by Gasteiger charge is -2.36. The molecule has 0 saturated carbocycles. The first-order chi connectivity index (χ1) is 38.4. The first-order valence-corrected chi connectivity index (χ1v) is 26.5. The molecule has 0 aliphatic carbocycles. The van der Waals surface area contributed by atoms with Crippen molar-refractivity contribution in [3.05, 3.63) is 126 Å². The number of unbranched alkanes of at least 4 members (excludes halogenated alkanes) is 2. The van der Waals surface area contributed by atoms with Gasteiger partial charge >= 0.3 is 6.03 Å². The lowest BCUT2D eigenvalue weighted by molar-refractivity contribution is -0.136. The number of rotatable bonds is 20. The van der Waals surface area contributed by atoms with Crippen LogP contribution in [0, 0.1) is 0 Å². The minimum Gasteiger partial charge on any atom is -0.497 e. The zero-order valence-corrected chi connectivity index (χ0v) is 44.2. The molecule has 10 rings (SSSR count). The van der Waals surface area contributed by atoms with Crippen molar-refractivity contribution < 1.29 is 47.8 Å². The van der Waals surface area contributed by atoms with Crippen molar-refractivity contribution in [3.8, 4) is 17.2 Å². The second kappa shape index (κ2) is 23.6. The molecule has 408 valence electrons. The van der Waals surface area contributed by atoms with Crippen molar-refractivity contribution in [1.82, 2.24) is 30.4 Å². The molecule has 4 N–H and O–H groups in total. The normalized spacial score (nSPS) is 16.4. The Kier molecular flexibility index (Phi) is 15.9. The minimum atomic E-state index is -1.08. The molecule has 2 fully saturated rings. The molecular weight excluding hydrogens is 1010 g/mol. The van der Waals surface area contributed by atoms with E-state index < -0.39 is 29.7 Å². The molecule has 1 unspecified atom stereocenters. The number of benzene rings is 5. The number of amides is 8. The number of urea groups is 1. The van der Waals surface area contributed by atoms with Gasteiger partial charge in [0.15, 0.2) is 0 Å². The fourth-order valence-corrected chi connectivity index (χ4v) is 10.2. The number of piperazine rings is 1. The van der Waals surface area contributed by atoms with E-state index in [0.717, 1.165) is 66.4 Å². The molecule has 0 spiro atoms. The lowest BCUT2D eigenvalue weighted by atomic mass is 9.91. The Hall–Kier alpha value is -9.11. The van der Waals surface area contributed by atoms with Gasteiger partial charge in [-0.15, -0.1) is 0 Å². The van der Waals surface area contributed by atoms with Crippen LogP contribution in [-0.2, 0) is 32.3 Å². The number of nitrogens with zero attached hydrogens (tertiary/aromatic N) is 7. The van der Waals surface area contributed by atoms with Crippen LogP contribution in [-0.4, -0.2) is 127 Å². The number of ether oxygens (including phenoxy) is 3. The first-order valence-electron chi connectivity index (χ1n) is 26.5. The smallest absolute Gasteiger partial charge is 0.330 e. The summed E-state index contributed by atoms with van der Waals surface area (Å²) in [5, 5.41) is 12.7. The van der Waals surface area contributed by atoms with Gasteiger partial charge in [-0.3, -0.25) is 53.7 Å². The Balaban J connectivity index is 0.682. The quantitative estimate of drug-likeness (QED) is 0.0456. The largest absolute Gasteiger partial charge is 0.497 e. The molecule has 0 bridgehead atoms. The van der Waals surface area contributed by atoms with E-state index in [2.05, 4.69) is 36.1 Å². The van der Waals surface area contributed by atoms with Crippen LogP contribution in [0.15, 0.2) is 103 Å². The van der Waals surface area contributed by atoms with Crippen molar-refractivity contribution in [3.63, 3.8) is 0 Å². The van der Waals surface area contributed by atoms with Gasteiger partial charge in [0, 0.05) is 104 Å². The molecule has 1 aromatic heterocycles. The second-order valence-electron chi connectivity index (χ2n) is 19.7. The molecule has 6 aromatic rings. The van der Waals surface area contributed by atoms with Gasteiger partial charge in [0.2, 0.25) is 29.6 Å². The fourth-order valence-electron chi connectivity index (χ4n) is 10.2. The lowest BCUT2D eigenvalue weighted by Crippen LogP contribution is -2.57. The number of carbonyl (C=O) groups excluding carboxylic acids is 7. The molecule has 21 nitrogen and oxygen atoms in total. The number of fused-ring (bicyclic) bond motifs is 1. The van der Waals surface area contributed by atoms with Crippen LogP contribution >= 0.6 is 0 Å². The highest BCUT2D eigenvalue weighted by Gasteiger charge is 2.43. The fraction of sp³-hybridized carbons (Fsp3) is 0.328. The van der Waals surface area contributed by atoms with Crippen LogP contribution in [0.4, 0.5) is 39.3 Å². The van der Waals surface area contributed by atoms with E-state index in [1.165, 1.54) is 0 Å². The van der Waals surface area contributed by atoms with Gasteiger partial charge in [-0.1, -0.05) is 31.2 Å². The number of hydrogen-bond acceptors (Lipinski definition) is 15. The molecule has 5 aromatic carbocycles. The number of hydrogen-bond donors (Lipinski definition) is 4. The van der Waals surface area contributed by atoms with Gasteiger partial charge < -0.3 is 35.1 Å². The Labute approximate surface area is 456 Å². The predicted molar refractivity (Wildman–Crippen MR) is 296 cm³/mol. The SMILES string of the molecule is CCC(=O)Nc1ccc(CN2C(=O)N(c3cc(OC)cc(OC)c3)Cc3cnc(Nc4ccc(N5CCN(CC(=O)NCCCCCOc6cc7c8c(cccc8c6)C(=O)N(C6CCC(=O)NC6=O)C7=O)CC5)cc4)nc32)cc1. The molecule has 2 saturated heterocycles. The first kappa shape index (κ1) is 53.3. The van der Waals surface area contributed by atoms with Crippen LogP contribution in [0.25, 0.3) is 10.8 Å². The molecule has 0 radical (unpaired) electrons. The van der Waals surface area contributed by atoms with Crippen LogP contribution in [0.2, 0.25) is 0 Å². The maximum Gasteiger partial charge on any atom is 0.330 e.